The Labute approximate surface area is 147 Å². The van der Waals surface area contributed by atoms with E-state index in [1.807, 2.05) is 11.8 Å². The molecule has 0 unspecified atom stereocenters. The van der Waals surface area contributed by atoms with E-state index in [4.69, 9.17) is 4.74 Å². The normalized spacial score (nSPS) is 16.0. The first-order valence-corrected chi connectivity index (χ1v) is 10.8. The number of hydrogen-bond acceptors (Lipinski definition) is 2. The van der Waals surface area contributed by atoms with Crippen LogP contribution >= 0.6 is 34.4 Å². The number of alkyl halides is 1. The van der Waals surface area contributed by atoms with Gasteiger partial charge < -0.3 is 4.74 Å². The van der Waals surface area contributed by atoms with Gasteiger partial charge in [-0.3, -0.25) is 0 Å². The highest BCUT2D eigenvalue weighted by molar-refractivity contribution is 14.1. The molecule has 0 aromatic heterocycles. The number of thioether (sulfide) groups is 1. The van der Waals surface area contributed by atoms with Crippen LogP contribution in [0.1, 0.15) is 51.4 Å². The molecule has 1 aliphatic carbocycles. The summed E-state index contributed by atoms with van der Waals surface area (Å²) < 4.78 is 7.24. The van der Waals surface area contributed by atoms with E-state index in [9.17, 15) is 0 Å². The summed E-state index contributed by atoms with van der Waals surface area (Å²) in [5, 5.41) is 0. The minimum Gasteiger partial charge on any atom is -0.493 e. The molecule has 1 aliphatic rings. The van der Waals surface area contributed by atoms with Crippen molar-refractivity contribution in [3.05, 3.63) is 24.3 Å². The number of halogens is 1. The fraction of sp³-hybridized carbons (Fsp3) is 0.667. The molecular weight excluding hydrogens is 391 g/mol. The molecule has 0 bridgehead atoms. The van der Waals surface area contributed by atoms with Gasteiger partial charge in [-0.15, -0.1) is 11.8 Å². The van der Waals surface area contributed by atoms with E-state index in [1.165, 1.54) is 66.4 Å². The van der Waals surface area contributed by atoms with Crippen LogP contribution < -0.4 is 4.74 Å². The summed E-state index contributed by atoms with van der Waals surface area (Å²) in [6.07, 6.45) is 10.9. The lowest BCUT2D eigenvalue weighted by Crippen LogP contribution is -2.15. The van der Waals surface area contributed by atoms with Crippen LogP contribution in [0.4, 0.5) is 0 Å². The summed E-state index contributed by atoms with van der Waals surface area (Å²) in [7, 11) is 0. The summed E-state index contributed by atoms with van der Waals surface area (Å²) in [6.45, 7) is 0.906. The molecule has 2 rings (SSSR count). The van der Waals surface area contributed by atoms with E-state index >= 15 is 0 Å². The summed E-state index contributed by atoms with van der Waals surface area (Å²) in [5.41, 5.74) is 0. The molecular formula is C18H27IOS. The van der Waals surface area contributed by atoms with Crippen molar-refractivity contribution in [3.63, 3.8) is 0 Å². The van der Waals surface area contributed by atoms with Gasteiger partial charge in [0.05, 0.1) is 6.61 Å². The number of hydrogen-bond donors (Lipinski definition) is 0. The van der Waals surface area contributed by atoms with Gasteiger partial charge in [0.1, 0.15) is 5.75 Å². The largest absolute Gasteiger partial charge is 0.493 e. The molecule has 0 spiro atoms. The third kappa shape index (κ3) is 7.27. The van der Waals surface area contributed by atoms with Crippen molar-refractivity contribution >= 4 is 34.4 Å². The van der Waals surface area contributed by atoms with Crippen LogP contribution in [0.3, 0.4) is 0 Å². The molecule has 0 amide bonds. The molecule has 1 saturated carbocycles. The Hall–Kier alpha value is 0.100. The van der Waals surface area contributed by atoms with Crippen molar-refractivity contribution in [2.24, 2.45) is 5.92 Å². The molecule has 21 heavy (non-hydrogen) atoms. The Bertz CT molecular complexity index is 373. The fourth-order valence-electron chi connectivity index (χ4n) is 2.76. The van der Waals surface area contributed by atoms with Gasteiger partial charge in [0.25, 0.3) is 0 Å². The smallest absolute Gasteiger partial charge is 0.119 e. The molecule has 0 saturated heterocycles. The van der Waals surface area contributed by atoms with Crippen LogP contribution in [0, 0.1) is 5.92 Å². The standard InChI is InChI=1S/C18H27IOS/c19-13-5-2-6-14-21-18-11-9-17(10-12-18)20-15-16-7-3-1-4-8-16/h9-12,16H,1-8,13-15H2. The molecule has 0 heterocycles. The Kier molecular flexibility index (Phi) is 8.95. The molecule has 1 aromatic carbocycles. The topological polar surface area (TPSA) is 9.23 Å². The van der Waals surface area contributed by atoms with Crippen LogP contribution in [0.25, 0.3) is 0 Å². The highest BCUT2D eigenvalue weighted by Crippen LogP contribution is 2.26. The third-order valence-corrected chi connectivity index (χ3v) is 5.94. The van der Waals surface area contributed by atoms with Crippen LogP contribution in [-0.2, 0) is 0 Å². The Balaban J connectivity index is 1.64. The second-order valence-electron chi connectivity index (χ2n) is 5.88. The van der Waals surface area contributed by atoms with E-state index in [0.29, 0.717) is 0 Å². The third-order valence-electron chi connectivity index (χ3n) is 4.08. The molecule has 0 N–H and O–H groups in total. The lowest BCUT2D eigenvalue weighted by molar-refractivity contribution is 0.209. The second-order valence-corrected chi connectivity index (χ2v) is 8.13. The quantitative estimate of drug-likeness (QED) is 0.200. The minimum absolute atomic E-state index is 0.783. The zero-order valence-corrected chi connectivity index (χ0v) is 15.8. The Morgan fingerprint density at radius 3 is 2.48 bits per heavy atom. The SMILES string of the molecule is ICCCCCSc1ccc(OCC2CCCCC2)cc1. The zero-order valence-electron chi connectivity index (χ0n) is 12.9. The highest BCUT2D eigenvalue weighted by Gasteiger charge is 2.13. The van der Waals surface area contributed by atoms with Gasteiger partial charge in [0.2, 0.25) is 0 Å². The summed E-state index contributed by atoms with van der Waals surface area (Å²) in [6, 6.07) is 8.68. The monoisotopic (exact) mass is 418 g/mol. The van der Waals surface area contributed by atoms with E-state index < -0.39 is 0 Å². The number of ether oxygens (including phenoxy) is 1. The van der Waals surface area contributed by atoms with Crippen LogP contribution in [0.2, 0.25) is 0 Å². The van der Waals surface area contributed by atoms with Gasteiger partial charge in [-0.05, 0) is 66.0 Å². The summed E-state index contributed by atoms with van der Waals surface area (Å²) >= 11 is 4.43. The predicted octanol–water partition coefficient (Wildman–Crippen LogP) is 6.34. The lowest BCUT2D eigenvalue weighted by Gasteiger charge is -2.21. The van der Waals surface area contributed by atoms with Crippen LogP contribution in [0.15, 0.2) is 29.2 Å². The van der Waals surface area contributed by atoms with Crippen molar-refractivity contribution in [1.82, 2.24) is 0 Å². The van der Waals surface area contributed by atoms with Gasteiger partial charge in [-0.1, -0.05) is 48.3 Å². The number of unbranched alkanes of at least 4 members (excludes halogenated alkanes) is 2. The van der Waals surface area contributed by atoms with E-state index in [2.05, 4.69) is 46.9 Å². The Morgan fingerprint density at radius 1 is 1.00 bits per heavy atom. The van der Waals surface area contributed by atoms with E-state index in [0.717, 1.165) is 18.3 Å². The highest BCUT2D eigenvalue weighted by atomic mass is 127. The zero-order chi connectivity index (χ0) is 14.8. The first-order valence-electron chi connectivity index (χ1n) is 8.30. The van der Waals surface area contributed by atoms with Crippen LogP contribution in [0.5, 0.6) is 5.75 Å². The fourth-order valence-corrected chi connectivity index (χ4v) is 4.22. The van der Waals surface area contributed by atoms with Gasteiger partial charge >= 0.3 is 0 Å². The van der Waals surface area contributed by atoms with E-state index in [-0.39, 0.29) is 0 Å². The van der Waals surface area contributed by atoms with Gasteiger partial charge in [-0.25, -0.2) is 0 Å². The van der Waals surface area contributed by atoms with Crippen molar-refractivity contribution in [2.45, 2.75) is 56.3 Å². The van der Waals surface area contributed by atoms with Crippen LogP contribution in [-0.4, -0.2) is 16.8 Å². The first kappa shape index (κ1) is 17.5. The van der Waals surface area contributed by atoms with E-state index in [1.54, 1.807) is 0 Å². The van der Waals surface area contributed by atoms with Gasteiger partial charge in [0.15, 0.2) is 0 Å². The van der Waals surface area contributed by atoms with Crippen molar-refractivity contribution < 1.29 is 4.74 Å². The number of rotatable bonds is 9. The van der Waals surface area contributed by atoms with Crippen molar-refractivity contribution in [1.29, 1.82) is 0 Å². The average Bonchev–Trinajstić information content (AvgIpc) is 2.55. The lowest BCUT2D eigenvalue weighted by atomic mass is 9.90. The minimum atomic E-state index is 0.783. The predicted molar refractivity (Wildman–Crippen MR) is 102 cm³/mol. The maximum absolute atomic E-state index is 5.95. The molecule has 0 radical (unpaired) electrons. The summed E-state index contributed by atoms with van der Waals surface area (Å²) in [5.74, 6) is 3.05. The molecule has 1 nitrogen and oxygen atoms in total. The average molecular weight is 418 g/mol. The molecule has 1 aromatic rings. The summed E-state index contributed by atoms with van der Waals surface area (Å²) in [4.78, 5) is 1.37. The molecule has 0 aliphatic heterocycles. The molecule has 118 valence electrons. The maximum Gasteiger partial charge on any atom is 0.119 e. The molecule has 1 fully saturated rings. The molecule has 3 heteroatoms. The maximum atomic E-state index is 5.95. The second kappa shape index (κ2) is 10.8. The van der Waals surface area contributed by atoms with Crippen molar-refractivity contribution in [3.8, 4) is 5.75 Å². The number of benzene rings is 1. The van der Waals surface area contributed by atoms with Crippen molar-refractivity contribution in [2.75, 3.05) is 16.8 Å². The molecule has 0 atom stereocenters. The van der Waals surface area contributed by atoms with Gasteiger partial charge in [0, 0.05) is 4.90 Å². The Morgan fingerprint density at radius 2 is 1.76 bits per heavy atom. The van der Waals surface area contributed by atoms with Gasteiger partial charge in [-0.2, -0.15) is 0 Å². The first-order chi connectivity index (χ1) is 10.4.